The third-order valence-electron chi connectivity index (χ3n) is 6.58. The first-order chi connectivity index (χ1) is 18.5. The molecule has 0 bridgehead atoms. The highest BCUT2D eigenvalue weighted by Gasteiger charge is 2.37. The number of aromatic nitrogens is 2. The van der Waals surface area contributed by atoms with Crippen molar-refractivity contribution in [2.75, 3.05) is 12.4 Å². The molecule has 0 unspecified atom stereocenters. The molecular formula is C30H29N5O3. The highest BCUT2D eigenvalue weighted by atomic mass is 16.5. The lowest BCUT2D eigenvalue weighted by molar-refractivity contribution is -0.140. The van der Waals surface area contributed by atoms with Crippen molar-refractivity contribution in [2.24, 2.45) is 0 Å². The zero-order valence-electron chi connectivity index (χ0n) is 21.3. The van der Waals surface area contributed by atoms with Crippen molar-refractivity contribution >= 4 is 17.7 Å². The number of hydrogen-bond donors (Lipinski definition) is 2. The van der Waals surface area contributed by atoms with Crippen LogP contribution < -0.4 is 10.6 Å². The van der Waals surface area contributed by atoms with Gasteiger partial charge in [-0.15, -0.1) is 0 Å². The maximum Gasteiger partial charge on any atom is 0.319 e. The van der Waals surface area contributed by atoms with Gasteiger partial charge in [0.1, 0.15) is 6.07 Å². The summed E-state index contributed by atoms with van der Waals surface area (Å²) in [5, 5.41) is 15.3. The molecule has 3 aromatic rings. The quantitative estimate of drug-likeness (QED) is 0.345. The summed E-state index contributed by atoms with van der Waals surface area (Å²) in [7, 11) is 1.37. The SMILES string of the molecule is COC(=O)CCC#Cc1ccc(-c2ccc(NC(=O)NC3(c4ccnc(C#N)n4)CCCCC3)cc2)cc1. The van der Waals surface area contributed by atoms with Gasteiger partial charge >= 0.3 is 12.0 Å². The summed E-state index contributed by atoms with van der Waals surface area (Å²) in [5.41, 5.74) is 3.63. The zero-order valence-corrected chi connectivity index (χ0v) is 21.3. The van der Waals surface area contributed by atoms with E-state index in [1.165, 1.54) is 7.11 Å². The normalized spacial score (nSPS) is 13.8. The van der Waals surface area contributed by atoms with Gasteiger partial charge in [0.05, 0.1) is 24.8 Å². The number of methoxy groups -OCH3 is 1. The molecule has 0 saturated heterocycles. The number of nitrogens with one attached hydrogen (secondary N) is 2. The minimum absolute atomic E-state index is 0.101. The number of ether oxygens (including phenoxy) is 1. The van der Waals surface area contributed by atoms with E-state index < -0.39 is 5.54 Å². The lowest BCUT2D eigenvalue weighted by Gasteiger charge is -2.37. The van der Waals surface area contributed by atoms with Gasteiger partial charge in [-0.05, 0) is 54.3 Å². The first kappa shape index (κ1) is 26.4. The maximum absolute atomic E-state index is 13.0. The Morgan fingerprint density at radius 1 is 1.00 bits per heavy atom. The molecule has 2 amide bonds. The van der Waals surface area contributed by atoms with Crippen LogP contribution in [0.15, 0.2) is 60.8 Å². The van der Waals surface area contributed by atoms with Gasteiger partial charge in [0, 0.05) is 23.9 Å². The molecule has 2 aromatic carbocycles. The van der Waals surface area contributed by atoms with Crippen LogP contribution >= 0.6 is 0 Å². The van der Waals surface area contributed by atoms with Crippen LogP contribution in [0.5, 0.6) is 0 Å². The fraction of sp³-hybridized carbons (Fsp3) is 0.300. The molecule has 192 valence electrons. The van der Waals surface area contributed by atoms with E-state index in [0.29, 0.717) is 17.8 Å². The lowest BCUT2D eigenvalue weighted by atomic mass is 9.79. The van der Waals surface area contributed by atoms with E-state index in [1.807, 2.05) is 54.6 Å². The van der Waals surface area contributed by atoms with Crippen molar-refractivity contribution in [1.82, 2.24) is 15.3 Å². The molecule has 1 aliphatic carbocycles. The number of carbonyl (C=O) groups excluding carboxylic acids is 2. The zero-order chi connectivity index (χ0) is 26.8. The Morgan fingerprint density at radius 2 is 1.68 bits per heavy atom. The van der Waals surface area contributed by atoms with E-state index >= 15 is 0 Å². The fourth-order valence-corrected chi connectivity index (χ4v) is 4.58. The molecule has 1 aliphatic rings. The Morgan fingerprint density at radius 3 is 2.34 bits per heavy atom. The number of nitriles is 1. The topological polar surface area (TPSA) is 117 Å². The Bertz CT molecular complexity index is 1380. The molecule has 0 spiro atoms. The molecular weight excluding hydrogens is 478 g/mol. The van der Waals surface area contributed by atoms with Gasteiger partial charge in [-0.1, -0.05) is 55.4 Å². The average Bonchev–Trinajstić information content (AvgIpc) is 2.96. The van der Waals surface area contributed by atoms with Crippen LogP contribution in [0.1, 0.15) is 62.0 Å². The van der Waals surface area contributed by atoms with Crippen molar-refractivity contribution in [2.45, 2.75) is 50.5 Å². The predicted octanol–water partition coefficient (Wildman–Crippen LogP) is 5.30. The number of rotatable bonds is 6. The van der Waals surface area contributed by atoms with Gasteiger partial charge in [0.2, 0.25) is 5.82 Å². The summed E-state index contributed by atoms with van der Waals surface area (Å²) in [4.78, 5) is 32.5. The largest absolute Gasteiger partial charge is 0.469 e. The minimum atomic E-state index is -0.624. The molecule has 8 nitrogen and oxygen atoms in total. The van der Waals surface area contributed by atoms with Crippen LogP contribution in [0.25, 0.3) is 11.1 Å². The molecule has 0 atom stereocenters. The van der Waals surface area contributed by atoms with Crippen LogP contribution in [0, 0.1) is 23.2 Å². The predicted molar refractivity (Wildman–Crippen MR) is 144 cm³/mol. The Kier molecular flexibility index (Phi) is 8.69. The summed E-state index contributed by atoms with van der Waals surface area (Å²) >= 11 is 0. The summed E-state index contributed by atoms with van der Waals surface area (Å²) in [6.45, 7) is 0. The highest BCUT2D eigenvalue weighted by Crippen LogP contribution is 2.36. The van der Waals surface area contributed by atoms with Crippen LogP contribution in [0.3, 0.4) is 0 Å². The van der Waals surface area contributed by atoms with Crippen LogP contribution in [-0.2, 0) is 15.1 Å². The number of hydrogen-bond acceptors (Lipinski definition) is 6. The third kappa shape index (κ3) is 6.74. The minimum Gasteiger partial charge on any atom is -0.469 e. The number of esters is 1. The monoisotopic (exact) mass is 507 g/mol. The van der Waals surface area contributed by atoms with E-state index in [4.69, 9.17) is 0 Å². The van der Waals surface area contributed by atoms with Crippen molar-refractivity contribution in [3.8, 4) is 29.0 Å². The molecule has 1 fully saturated rings. The molecule has 8 heteroatoms. The number of anilines is 1. The first-order valence-electron chi connectivity index (χ1n) is 12.6. The lowest BCUT2D eigenvalue weighted by Crippen LogP contribution is -2.49. The molecule has 0 aliphatic heterocycles. The fourth-order valence-electron chi connectivity index (χ4n) is 4.58. The van der Waals surface area contributed by atoms with Gasteiger partial charge < -0.3 is 15.4 Å². The van der Waals surface area contributed by atoms with E-state index in [-0.39, 0.29) is 24.2 Å². The summed E-state index contributed by atoms with van der Waals surface area (Å²) < 4.78 is 4.61. The third-order valence-corrected chi connectivity index (χ3v) is 6.58. The molecule has 1 heterocycles. The van der Waals surface area contributed by atoms with Crippen LogP contribution in [0.2, 0.25) is 0 Å². The van der Waals surface area contributed by atoms with E-state index in [9.17, 15) is 14.9 Å². The number of benzene rings is 2. The van der Waals surface area contributed by atoms with Gasteiger partial charge in [-0.25, -0.2) is 14.8 Å². The standard InChI is InChI=1S/C30H29N5O3/c1-38-28(36)8-4-3-7-22-9-11-23(12-10-22)24-13-15-25(16-14-24)33-29(37)35-30(18-5-2-6-19-30)26-17-20-32-27(21-31)34-26/h9-17,20H,2,4-6,8,18-19H2,1H3,(H2,33,35,37). The molecule has 1 aromatic heterocycles. The smallest absolute Gasteiger partial charge is 0.319 e. The number of carbonyl (C=O) groups is 2. The maximum atomic E-state index is 13.0. The second kappa shape index (κ2) is 12.5. The van der Waals surface area contributed by atoms with E-state index in [0.717, 1.165) is 48.8 Å². The number of amides is 2. The van der Waals surface area contributed by atoms with Crippen LogP contribution in [-0.4, -0.2) is 29.1 Å². The second-order valence-corrected chi connectivity index (χ2v) is 9.13. The first-order valence-corrected chi connectivity index (χ1v) is 12.6. The number of nitrogens with zero attached hydrogens (tertiary/aromatic N) is 3. The number of urea groups is 1. The van der Waals surface area contributed by atoms with Crippen LogP contribution in [0.4, 0.5) is 10.5 Å². The molecule has 38 heavy (non-hydrogen) atoms. The van der Waals surface area contributed by atoms with Crippen molar-refractivity contribution in [1.29, 1.82) is 5.26 Å². The van der Waals surface area contributed by atoms with E-state index in [2.05, 4.69) is 37.2 Å². The van der Waals surface area contributed by atoms with Gasteiger partial charge in [0.15, 0.2) is 0 Å². The van der Waals surface area contributed by atoms with Gasteiger partial charge in [-0.2, -0.15) is 5.26 Å². The molecule has 2 N–H and O–H groups in total. The summed E-state index contributed by atoms with van der Waals surface area (Å²) in [6.07, 6.45) is 6.87. The van der Waals surface area contributed by atoms with Crippen molar-refractivity contribution < 1.29 is 14.3 Å². The van der Waals surface area contributed by atoms with Crippen molar-refractivity contribution in [3.63, 3.8) is 0 Å². The van der Waals surface area contributed by atoms with E-state index in [1.54, 1.807) is 12.3 Å². The van der Waals surface area contributed by atoms with Gasteiger partial charge in [-0.3, -0.25) is 4.79 Å². The van der Waals surface area contributed by atoms with Gasteiger partial charge in [0.25, 0.3) is 0 Å². The second-order valence-electron chi connectivity index (χ2n) is 9.13. The van der Waals surface area contributed by atoms with Crippen molar-refractivity contribution in [3.05, 3.63) is 77.9 Å². The highest BCUT2D eigenvalue weighted by molar-refractivity contribution is 5.90. The Hall–Kier alpha value is -4.69. The molecule has 1 saturated carbocycles. The molecule has 4 rings (SSSR count). The Labute approximate surface area is 222 Å². The summed E-state index contributed by atoms with van der Waals surface area (Å²) in [6, 6.07) is 18.9. The average molecular weight is 508 g/mol. The Balaban J connectivity index is 1.39. The summed E-state index contributed by atoms with van der Waals surface area (Å²) in [5.74, 6) is 5.87. The molecule has 0 radical (unpaired) electrons.